The van der Waals surface area contributed by atoms with Crippen LogP contribution in [-0.4, -0.2) is 46.2 Å². The molecule has 0 aliphatic rings. The minimum absolute atomic E-state index is 0. The van der Waals surface area contributed by atoms with Crippen LogP contribution >= 0.6 is 49.0 Å². The minimum atomic E-state index is -0.223. The summed E-state index contributed by atoms with van der Waals surface area (Å²) in [5.41, 5.74) is 0.890. The van der Waals surface area contributed by atoms with Gasteiger partial charge in [0.25, 0.3) is 5.56 Å². The summed E-state index contributed by atoms with van der Waals surface area (Å²) in [5.74, 6) is 3.78. The summed E-state index contributed by atoms with van der Waals surface area (Å²) >= 11 is 1.75. The van der Waals surface area contributed by atoms with E-state index in [1.807, 2.05) is 33.2 Å². The van der Waals surface area contributed by atoms with Crippen LogP contribution in [0.2, 0.25) is 0 Å². The number of aromatic nitrogens is 3. The van der Waals surface area contributed by atoms with Gasteiger partial charge in [0.2, 0.25) is 11.5 Å². The SMILES string of the molecule is CC(c1cc[nH]c(=O)c1)c1cnc(NCCSCc2ccc(CN(C)C)o2)[nH]c1=O.Cl.Cl.Cl. The van der Waals surface area contributed by atoms with Gasteiger partial charge in [-0.3, -0.25) is 14.6 Å². The van der Waals surface area contributed by atoms with Crippen molar-refractivity contribution in [2.24, 2.45) is 0 Å². The maximum absolute atomic E-state index is 12.4. The Labute approximate surface area is 215 Å². The standard InChI is InChI=1S/C21H27N5O3S.3ClH/c1-14(15-6-7-22-19(27)10-15)18-11-24-21(25-20(18)28)23-8-9-30-13-17-5-4-16(29-17)12-26(2)3;;;/h4-7,10-11,14H,8-9,12-13H2,1-3H3,(H,22,27)(H2,23,24,25,28);3*1H. The van der Waals surface area contributed by atoms with Gasteiger partial charge >= 0.3 is 0 Å². The highest BCUT2D eigenvalue weighted by Gasteiger charge is 2.14. The van der Waals surface area contributed by atoms with E-state index in [9.17, 15) is 9.59 Å². The average Bonchev–Trinajstić information content (AvgIpc) is 3.14. The molecule has 0 radical (unpaired) electrons. The smallest absolute Gasteiger partial charge is 0.256 e. The Balaban J connectivity index is 0.00000341. The second-order valence-corrected chi connectivity index (χ2v) is 8.41. The number of hydrogen-bond donors (Lipinski definition) is 3. The van der Waals surface area contributed by atoms with Gasteiger partial charge in [0.05, 0.1) is 12.3 Å². The molecule has 3 N–H and O–H groups in total. The van der Waals surface area contributed by atoms with E-state index in [1.54, 1.807) is 30.2 Å². The Morgan fingerprint density at radius 1 is 1.15 bits per heavy atom. The molecule has 3 aromatic heterocycles. The highest BCUT2D eigenvalue weighted by atomic mass is 35.5. The van der Waals surface area contributed by atoms with Gasteiger partial charge in [-0.2, -0.15) is 11.8 Å². The lowest BCUT2D eigenvalue weighted by Crippen LogP contribution is -2.20. The summed E-state index contributed by atoms with van der Waals surface area (Å²) < 4.78 is 5.79. The van der Waals surface area contributed by atoms with Gasteiger partial charge < -0.3 is 19.6 Å². The van der Waals surface area contributed by atoms with E-state index in [-0.39, 0.29) is 54.3 Å². The van der Waals surface area contributed by atoms with Crippen LogP contribution in [0.15, 0.2) is 50.7 Å². The second-order valence-electron chi connectivity index (χ2n) is 7.31. The van der Waals surface area contributed by atoms with Crippen molar-refractivity contribution in [2.45, 2.75) is 25.1 Å². The maximum atomic E-state index is 12.4. The lowest BCUT2D eigenvalue weighted by atomic mass is 9.96. The molecule has 0 amide bonds. The Morgan fingerprint density at radius 2 is 1.88 bits per heavy atom. The van der Waals surface area contributed by atoms with Crippen molar-refractivity contribution in [3.05, 3.63) is 80.0 Å². The number of nitrogens with zero attached hydrogens (tertiary/aromatic N) is 2. The molecule has 3 aromatic rings. The Hall–Kier alpha value is -1.91. The molecule has 3 rings (SSSR count). The molecule has 0 spiro atoms. The van der Waals surface area contributed by atoms with Gasteiger partial charge in [0.1, 0.15) is 11.5 Å². The fourth-order valence-electron chi connectivity index (χ4n) is 3.02. The molecule has 8 nitrogen and oxygen atoms in total. The number of nitrogens with one attached hydrogen (secondary N) is 3. The van der Waals surface area contributed by atoms with E-state index in [0.29, 0.717) is 18.1 Å². The van der Waals surface area contributed by atoms with Gasteiger partial charge in [-0.25, -0.2) is 4.98 Å². The fraction of sp³-hybridized carbons (Fsp3) is 0.381. The predicted molar refractivity (Wildman–Crippen MR) is 142 cm³/mol. The van der Waals surface area contributed by atoms with Crippen molar-refractivity contribution >= 4 is 54.9 Å². The van der Waals surface area contributed by atoms with Crippen LogP contribution < -0.4 is 16.4 Å². The number of H-pyrrole nitrogens is 2. The Kier molecular flexibility index (Phi) is 14.2. The normalized spacial score (nSPS) is 11.2. The van der Waals surface area contributed by atoms with Crippen molar-refractivity contribution in [3.63, 3.8) is 0 Å². The number of aromatic amines is 2. The molecule has 0 aliphatic heterocycles. The summed E-state index contributed by atoms with van der Waals surface area (Å²) in [6.45, 7) is 3.34. The number of pyridine rings is 1. The van der Waals surface area contributed by atoms with Crippen LogP contribution in [0, 0.1) is 0 Å². The van der Waals surface area contributed by atoms with E-state index in [2.05, 4.69) is 25.2 Å². The average molecular weight is 539 g/mol. The molecule has 0 aliphatic carbocycles. The summed E-state index contributed by atoms with van der Waals surface area (Å²) in [6, 6.07) is 7.31. The zero-order chi connectivity index (χ0) is 21.5. The third-order valence-electron chi connectivity index (χ3n) is 4.57. The fourth-order valence-corrected chi connectivity index (χ4v) is 3.77. The highest BCUT2D eigenvalue weighted by molar-refractivity contribution is 7.98. The number of anilines is 1. The third kappa shape index (κ3) is 9.46. The van der Waals surface area contributed by atoms with Crippen LogP contribution in [0.5, 0.6) is 0 Å². The molecule has 0 fully saturated rings. The first-order valence-electron chi connectivity index (χ1n) is 9.74. The van der Waals surface area contributed by atoms with Gasteiger partial charge in [0, 0.05) is 42.2 Å². The molecule has 184 valence electrons. The summed E-state index contributed by atoms with van der Waals surface area (Å²) in [7, 11) is 4.02. The molecular formula is C21H30Cl3N5O3S. The van der Waals surface area contributed by atoms with E-state index in [1.165, 1.54) is 6.07 Å². The Bertz CT molecular complexity index is 1090. The number of hydrogen-bond acceptors (Lipinski definition) is 7. The number of halogens is 3. The van der Waals surface area contributed by atoms with Crippen LogP contribution in [0.25, 0.3) is 0 Å². The van der Waals surface area contributed by atoms with Gasteiger partial charge in [-0.05, 0) is 37.9 Å². The molecule has 1 unspecified atom stereocenters. The van der Waals surface area contributed by atoms with Crippen LogP contribution in [0.3, 0.4) is 0 Å². The lowest BCUT2D eigenvalue weighted by Gasteiger charge is -2.11. The topological polar surface area (TPSA) is 107 Å². The van der Waals surface area contributed by atoms with Gasteiger partial charge in [-0.1, -0.05) is 6.92 Å². The molecule has 0 bridgehead atoms. The number of thioether (sulfide) groups is 1. The summed E-state index contributed by atoms with van der Waals surface area (Å²) in [5, 5.41) is 3.14. The van der Waals surface area contributed by atoms with Crippen LogP contribution in [-0.2, 0) is 12.3 Å². The van der Waals surface area contributed by atoms with E-state index >= 15 is 0 Å². The quantitative estimate of drug-likeness (QED) is 0.336. The molecule has 3 heterocycles. The van der Waals surface area contributed by atoms with Gasteiger partial charge in [0.15, 0.2) is 0 Å². The van der Waals surface area contributed by atoms with Crippen LogP contribution in [0.4, 0.5) is 5.95 Å². The second kappa shape index (κ2) is 15.1. The summed E-state index contributed by atoms with van der Waals surface area (Å²) in [6.07, 6.45) is 3.14. The maximum Gasteiger partial charge on any atom is 0.256 e. The first-order chi connectivity index (χ1) is 14.4. The highest BCUT2D eigenvalue weighted by Crippen LogP contribution is 2.19. The molecule has 1 atom stereocenters. The molecule has 33 heavy (non-hydrogen) atoms. The monoisotopic (exact) mass is 537 g/mol. The lowest BCUT2D eigenvalue weighted by molar-refractivity contribution is 0.344. The third-order valence-corrected chi connectivity index (χ3v) is 5.55. The van der Waals surface area contributed by atoms with Crippen molar-refractivity contribution in [2.75, 3.05) is 31.7 Å². The van der Waals surface area contributed by atoms with E-state index in [0.717, 1.165) is 35.1 Å². The summed E-state index contributed by atoms with van der Waals surface area (Å²) in [4.78, 5) is 35.7. The zero-order valence-corrected chi connectivity index (χ0v) is 21.9. The van der Waals surface area contributed by atoms with Gasteiger partial charge in [-0.15, -0.1) is 37.2 Å². The first-order valence-corrected chi connectivity index (χ1v) is 10.9. The molecule has 0 saturated heterocycles. The number of rotatable bonds is 10. The molecule has 12 heteroatoms. The Morgan fingerprint density at radius 3 is 2.55 bits per heavy atom. The predicted octanol–water partition coefficient (Wildman–Crippen LogP) is 3.88. The molecular weight excluding hydrogens is 509 g/mol. The number of furan rings is 1. The van der Waals surface area contributed by atoms with Crippen molar-refractivity contribution in [3.8, 4) is 0 Å². The van der Waals surface area contributed by atoms with Crippen molar-refractivity contribution < 1.29 is 4.42 Å². The van der Waals surface area contributed by atoms with Crippen molar-refractivity contribution in [1.82, 2.24) is 19.9 Å². The molecule has 0 aromatic carbocycles. The minimum Gasteiger partial charge on any atom is -0.464 e. The van der Waals surface area contributed by atoms with E-state index in [4.69, 9.17) is 4.42 Å². The largest absolute Gasteiger partial charge is 0.464 e. The van der Waals surface area contributed by atoms with Crippen molar-refractivity contribution in [1.29, 1.82) is 0 Å². The molecule has 0 saturated carbocycles. The van der Waals surface area contributed by atoms with Crippen LogP contribution in [0.1, 0.15) is 35.5 Å². The van der Waals surface area contributed by atoms with E-state index < -0.39 is 0 Å². The first kappa shape index (κ1) is 31.1. The zero-order valence-electron chi connectivity index (χ0n) is 18.6.